The van der Waals surface area contributed by atoms with Crippen LogP contribution in [0.1, 0.15) is 20.7 Å². The highest BCUT2D eigenvalue weighted by molar-refractivity contribution is 6.05. The third kappa shape index (κ3) is 4.12. The van der Waals surface area contributed by atoms with Gasteiger partial charge in [-0.2, -0.15) is 4.98 Å². The van der Waals surface area contributed by atoms with Crippen molar-refractivity contribution in [2.24, 2.45) is 0 Å². The summed E-state index contributed by atoms with van der Waals surface area (Å²) in [5.41, 5.74) is 13.1. The standard InChI is InChI=1S/C18H16N6O2/c19-13-5-1-3-11(9-13)16(25)22-15-7-8-21-18(23-15)24-17(26)12-4-2-6-14(20)10-12/h1-10H,19-20H2,(H2,21,22,23,24,25,26). The summed E-state index contributed by atoms with van der Waals surface area (Å²) in [6, 6.07) is 14.6. The number of benzene rings is 2. The summed E-state index contributed by atoms with van der Waals surface area (Å²) in [5, 5.41) is 5.19. The fourth-order valence-electron chi connectivity index (χ4n) is 2.21. The van der Waals surface area contributed by atoms with Crippen LogP contribution in [0.2, 0.25) is 0 Å². The number of carbonyl (C=O) groups is 2. The van der Waals surface area contributed by atoms with Crippen LogP contribution in [-0.2, 0) is 0 Å². The van der Waals surface area contributed by atoms with Crippen LogP contribution in [0.25, 0.3) is 0 Å². The van der Waals surface area contributed by atoms with E-state index in [2.05, 4.69) is 20.6 Å². The van der Waals surface area contributed by atoms with Gasteiger partial charge in [0.2, 0.25) is 5.95 Å². The molecule has 0 fully saturated rings. The fourth-order valence-corrected chi connectivity index (χ4v) is 2.21. The maximum Gasteiger partial charge on any atom is 0.258 e. The number of rotatable bonds is 4. The van der Waals surface area contributed by atoms with E-state index in [9.17, 15) is 9.59 Å². The van der Waals surface area contributed by atoms with Crippen molar-refractivity contribution >= 4 is 35.0 Å². The number of carbonyl (C=O) groups excluding carboxylic acids is 2. The molecule has 6 N–H and O–H groups in total. The number of aromatic nitrogens is 2. The normalized spacial score (nSPS) is 10.2. The van der Waals surface area contributed by atoms with Gasteiger partial charge >= 0.3 is 0 Å². The Bertz CT molecular complexity index is 898. The molecule has 0 spiro atoms. The lowest BCUT2D eigenvalue weighted by Crippen LogP contribution is -2.17. The zero-order valence-electron chi connectivity index (χ0n) is 13.6. The summed E-state index contributed by atoms with van der Waals surface area (Å²) in [4.78, 5) is 32.5. The fraction of sp³-hybridized carbons (Fsp3) is 0. The molecule has 1 aromatic heterocycles. The minimum absolute atomic E-state index is 0.0581. The molecule has 0 atom stereocenters. The number of anilines is 4. The molecule has 3 aromatic rings. The van der Waals surface area contributed by atoms with Crippen LogP contribution in [0.3, 0.4) is 0 Å². The van der Waals surface area contributed by atoms with Crippen LogP contribution in [0.15, 0.2) is 60.8 Å². The van der Waals surface area contributed by atoms with Crippen molar-refractivity contribution in [3.63, 3.8) is 0 Å². The Labute approximate surface area is 149 Å². The van der Waals surface area contributed by atoms with E-state index in [4.69, 9.17) is 11.5 Å². The minimum atomic E-state index is -0.406. The van der Waals surface area contributed by atoms with Crippen molar-refractivity contribution in [2.75, 3.05) is 22.1 Å². The first-order chi connectivity index (χ1) is 12.5. The van der Waals surface area contributed by atoms with Crippen molar-refractivity contribution in [1.29, 1.82) is 0 Å². The molecule has 0 saturated heterocycles. The molecule has 0 aliphatic heterocycles. The van der Waals surface area contributed by atoms with E-state index < -0.39 is 5.91 Å². The van der Waals surface area contributed by atoms with Gasteiger partial charge in [0, 0.05) is 28.7 Å². The molecule has 0 saturated carbocycles. The van der Waals surface area contributed by atoms with Gasteiger partial charge in [0.15, 0.2) is 0 Å². The van der Waals surface area contributed by atoms with Gasteiger partial charge in [-0.1, -0.05) is 12.1 Å². The Balaban J connectivity index is 1.72. The highest BCUT2D eigenvalue weighted by Crippen LogP contribution is 2.12. The summed E-state index contributed by atoms with van der Waals surface area (Å²) >= 11 is 0. The van der Waals surface area contributed by atoms with Crippen molar-refractivity contribution < 1.29 is 9.59 Å². The average Bonchev–Trinajstić information content (AvgIpc) is 2.62. The van der Waals surface area contributed by atoms with Gasteiger partial charge in [0.1, 0.15) is 5.82 Å². The minimum Gasteiger partial charge on any atom is -0.399 e. The third-order valence-electron chi connectivity index (χ3n) is 3.42. The Morgan fingerprint density at radius 3 is 1.96 bits per heavy atom. The molecule has 3 rings (SSSR count). The summed E-state index contributed by atoms with van der Waals surface area (Å²) in [6.07, 6.45) is 1.43. The van der Waals surface area contributed by atoms with E-state index in [1.807, 2.05) is 0 Å². The predicted octanol–water partition coefficient (Wildman–Crippen LogP) is 2.15. The molecule has 2 aromatic carbocycles. The summed E-state index contributed by atoms with van der Waals surface area (Å²) in [5.74, 6) is -0.473. The lowest BCUT2D eigenvalue weighted by molar-refractivity contribution is 0.101. The number of hydrogen-bond donors (Lipinski definition) is 4. The maximum atomic E-state index is 12.2. The summed E-state index contributed by atoms with van der Waals surface area (Å²) in [7, 11) is 0. The topological polar surface area (TPSA) is 136 Å². The summed E-state index contributed by atoms with van der Waals surface area (Å²) < 4.78 is 0. The Hall–Kier alpha value is -3.94. The van der Waals surface area contributed by atoms with Crippen molar-refractivity contribution in [2.45, 2.75) is 0 Å². The maximum absolute atomic E-state index is 12.2. The van der Waals surface area contributed by atoms with E-state index in [1.54, 1.807) is 48.5 Å². The Kier molecular flexibility index (Phi) is 4.75. The van der Waals surface area contributed by atoms with Crippen molar-refractivity contribution in [3.05, 3.63) is 71.9 Å². The molecule has 0 bridgehead atoms. The van der Waals surface area contributed by atoms with Crippen molar-refractivity contribution in [1.82, 2.24) is 9.97 Å². The number of nitrogens with two attached hydrogens (primary N) is 2. The third-order valence-corrected chi connectivity index (χ3v) is 3.42. The van der Waals surface area contributed by atoms with E-state index in [-0.39, 0.29) is 17.7 Å². The molecular weight excluding hydrogens is 332 g/mol. The smallest absolute Gasteiger partial charge is 0.258 e. The molecular formula is C18H16N6O2. The number of amides is 2. The van der Waals surface area contributed by atoms with E-state index in [0.717, 1.165) is 0 Å². The first-order valence-electron chi connectivity index (χ1n) is 7.68. The SMILES string of the molecule is Nc1cccc(C(=O)Nc2ccnc(NC(=O)c3cccc(N)c3)n2)c1. The van der Waals surface area contributed by atoms with E-state index in [1.165, 1.54) is 12.3 Å². The van der Waals surface area contributed by atoms with Crippen LogP contribution in [-0.4, -0.2) is 21.8 Å². The molecule has 8 nitrogen and oxygen atoms in total. The molecule has 0 unspecified atom stereocenters. The van der Waals surface area contributed by atoms with Crippen LogP contribution in [0.5, 0.6) is 0 Å². The second-order valence-corrected chi connectivity index (χ2v) is 5.42. The predicted molar refractivity (Wildman–Crippen MR) is 99.6 cm³/mol. The van der Waals surface area contributed by atoms with Gasteiger partial charge in [-0.25, -0.2) is 4.98 Å². The number of nitrogens with one attached hydrogen (secondary N) is 2. The van der Waals surface area contributed by atoms with Crippen LogP contribution in [0.4, 0.5) is 23.1 Å². The van der Waals surface area contributed by atoms with E-state index >= 15 is 0 Å². The summed E-state index contributed by atoms with van der Waals surface area (Å²) in [6.45, 7) is 0. The Morgan fingerprint density at radius 1 is 0.808 bits per heavy atom. The zero-order chi connectivity index (χ0) is 18.5. The number of nitrogen functional groups attached to an aromatic ring is 2. The monoisotopic (exact) mass is 348 g/mol. The molecule has 1 heterocycles. The van der Waals surface area contributed by atoms with Gasteiger partial charge in [-0.15, -0.1) is 0 Å². The van der Waals surface area contributed by atoms with E-state index in [0.29, 0.717) is 22.5 Å². The Morgan fingerprint density at radius 2 is 1.38 bits per heavy atom. The molecule has 0 aliphatic carbocycles. The molecule has 8 heteroatoms. The number of hydrogen-bond acceptors (Lipinski definition) is 6. The van der Waals surface area contributed by atoms with Crippen molar-refractivity contribution in [3.8, 4) is 0 Å². The lowest BCUT2D eigenvalue weighted by Gasteiger charge is -2.08. The molecule has 26 heavy (non-hydrogen) atoms. The lowest BCUT2D eigenvalue weighted by atomic mass is 10.2. The van der Waals surface area contributed by atoms with Gasteiger partial charge in [0.25, 0.3) is 11.8 Å². The van der Waals surface area contributed by atoms with Gasteiger partial charge in [0.05, 0.1) is 0 Å². The molecule has 2 amide bonds. The first kappa shape index (κ1) is 16.9. The second kappa shape index (κ2) is 7.31. The van der Waals surface area contributed by atoms with Gasteiger partial charge in [-0.3, -0.25) is 14.9 Å². The number of nitrogens with zero attached hydrogens (tertiary/aromatic N) is 2. The zero-order valence-corrected chi connectivity index (χ0v) is 13.6. The average molecular weight is 348 g/mol. The van der Waals surface area contributed by atoms with Crippen LogP contribution >= 0.6 is 0 Å². The molecule has 0 radical (unpaired) electrons. The quantitative estimate of drug-likeness (QED) is 0.533. The highest BCUT2D eigenvalue weighted by Gasteiger charge is 2.11. The van der Waals surface area contributed by atoms with Gasteiger partial charge in [-0.05, 0) is 42.5 Å². The largest absolute Gasteiger partial charge is 0.399 e. The highest BCUT2D eigenvalue weighted by atomic mass is 16.2. The van der Waals surface area contributed by atoms with Crippen LogP contribution in [0, 0.1) is 0 Å². The van der Waals surface area contributed by atoms with Crippen LogP contribution < -0.4 is 22.1 Å². The molecule has 0 aliphatic rings. The molecule has 130 valence electrons. The second-order valence-electron chi connectivity index (χ2n) is 5.42. The first-order valence-corrected chi connectivity index (χ1v) is 7.68. The van der Waals surface area contributed by atoms with Gasteiger partial charge < -0.3 is 16.8 Å².